The van der Waals surface area contributed by atoms with E-state index in [0.29, 0.717) is 0 Å². The Bertz CT molecular complexity index is 401. The summed E-state index contributed by atoms with van der Waals surface area (Å²) in [5.74, 6) is -0.414. The van der Waals surface area contributed by atoms with Crippen molar-refractivity contribution in [2.45, 2.75) is 32.0 Å². The highest BCUT2D eigenvalue weighted by Crippen LogP contribution is 2.36. The summed E-state index contributed by atoms with van der Waals surface area (Å²) in [5.41, 5.74) is -0.896. The molecule has 0 amide bonds. The van der Waals surface area contributed by atoms with Crippen molar-refractivity contribution < 1.29 is 19.3 Å². The minimum Gasteiger partial charge on any atom is -0.457 e. The van der Waals surface area contributed by atoms with Crippen molar-refractivity contribution in [2.24, 2.45) is 0 Å². The van der Waals surface area contributed by atoms with Crippen molar-refractivity contribution in [3.63, 3.8) is 0 Å². The Morgan fingerprint density at radius 3 is 2.29 bits per heavy atom. The van der Waals surface area contributed by atoms with Crippen molar-refractivity contribution in [3.8, 4) is 0 Å². The van der Waals surface area contributed by atoms with Gasteiger partial charge in [0.1, 0.15) is 12.2 Å². The first-order valence-electron chi connectivity index (χ1n) is 5.54. The molecule has 1 atom stereocenters. The lowest BCUT2D eigenvalue weighted by Crippen LogP contribution is -2.53. The van der Waals surface area contributed by atoms with E-state index in [1.54, 1.807) is 0 Å². The number of benzene rings is 1. The van der Waals surface area contributed by atoms with E-state index in [-0.39, 0.29) is 6.61 Å². The van der Waals surface area contributed by atoms with E-state index >= 15 is 0 Å². The lowest BCUT2D eigenvalue weighted by atomic mass is 9.93. The number of carbonyl (C=O) groups is 1. The van der Waals surface area contributed by atoms with Crippen molar-refractivity contribution in [3.05, 3.63) is 35.9 Å². The Balaban J connectivity index is 2.24. The number of ether oxygens (including phenoxy) is 1. The van der Waals surface area contributed by atoms with Gasteiger partial charge in [0.15, 0.2) is 0 Å². The van der Waals surface area contributed by atoms with Crippen LogP contribution >= 0.6 is 0 Å². The molecule has 0 radical (unpaired) electrons. The minimum atomic E-state index is -1.10. The summed E-state index contributed by atoms with van der Waals surface area (Å²) >= 11 is 0. The van der Waals surface area contributed by atoms with E-state index in [1.807, 2.05) is 51.1 Å². The maximum atomic E-state index is 12.1. The van der Waals surface area contributed by atoms with Gasteiger partial charge < -0.3 is 4.74 Å². The zero-order chi connectivity index (χ0) is 12.5. The fraction of sp³-hybridized carbons (Fsp3) is 0.462. The summed E-state index contributed by atoms with van der Waals surface area (Å²) in [4.78, 5) is 21.9. The quantitative estimate of drug-likeness (QED) is 0.583. The molecule has 17 heavy (non-hydrogen) atoms. The predicted octanol–water partition coefficient (Wildman–Crippen LogP) is 2.19. The van der Waals surface area contributed by atoms with E-state index in [9.17, 15) is 4.79 Å². The van der Waals surface area contributed by atoms with Crippen LogP contribution in [0.3, 0.4) is 0 Å². The van der Waals surface area contributed by atoms with Gasteiger partial charge in [-0.1, -0.05) is 30.3 Å². The molecule has 4 heteroatoms. The molecule has 1 heterocycles. The molecule has 0 spiro atoms. The first-order chi connectivity index (χ1) is 7.94. The Morgan fingerprint density at radius 2 is 1.88 bits per heavy atom. The fourth-order valence-corrected chi connectivity index (χ4v) is 1.59. The highest BCUT2D eigenvalue weighted by Gasteiger charge is 2.53. The Morgan fingerprint density at radius 1 is 1.29 bits per heavy atom. The van der Waals surface area contributed by atoms with Gasteiger partial charge in [0.05, 0.1) is 0 Å². The fourth-order valence-electron chi connectivity index (χ4n) is 1.59. The summed E-state index contributed by atoms with van der Waals surface area (Å²) in [6.45, 7) is 5.65. The number of rotatable bonds is 2. The average Bonchev–Trinajstić information content (AvgIpc) is 2.14. The van der Waals surface area contributed by atoms with E-state index in [4.69, 9.17) is 14.5 Å². The minimum absolute atomic E-state index is 0.186. The van der Waals surface area contributed by atoms with Crippen molar-refractivity contribution in [2.75, 3.05) is 6.61 Å². The standard InChI is InChI=1S/C13H16O4/c1-12(2,3)16-11(14)13(9-15-17-13)10-7-5-4-6-8-10/h4-8H,9H2,1-3H3. The van der Waals surface area contributed by atoms with Crippen molar-refractivity contribution in [1.29, 1.82) is 0 Å². The second-order valence-electron chi connectivity index (χ2n) is 5.04. The molecule has 1 unspecified atom stereocenters. The smallest absolute Gasteiger partial charge is 0.349 e. The SMILES string of the molecule is CC(C)(C)OC(=O)C1(c2ccccc2)COO1. The van der Waals surface area contributed by atoms with Gasteiger partial charge in [0, 0.05) is 5.56 Å². The van der Waals surface area contributed by atoms with Gasteiger partial charge in [-0.3, -0.25) is 0 Å². The molecule has 0 aromatic heterocycles. The molecule has 1 aromatic carbocycles. The highest BCUT2D eigenvalue weighted by atomic mass is 17.3. The van der Waals surface area contributed by atoms with Crippen LogP contribution in [-0.4, -0.2) is 18.2 Å². The summed E-state index contributed by atoms with van der Waals surface area (Å²) < 4.78 is 5.36. The lowest BCUT2D eigenvalue weighted by Gasteiger charge is -2.38. The summed E-state index contributed by atoms with van der Waals surface area (Å²) in [6.07, 6.45) is 0. The highest BCUT2D eigenvalue weighted by molar-refractivity contribution is 5.82. The third-order valence-electron chi connectivity index (χ3n) is 2.43. The molecule has 1 aliphatic rings. The zero-order valence-corrected chi connectivity index (χ0v) is 10.2. The van der Waals surface area contributed by atoms with Crippen molar-refractivity contribution >= 4 is 5.97 Å². The van der Waals surface area contributed by atoms with Crippen LogP contribution in [0.25, 0.3) is 0 Å². The zero-order valence-electron chi connectivity index (χ0n) is 10.2. The van der Waals surface area contributed by atoms with Gasteiger partial charge >= 0.3 is 5.97 Å². The Kier molecular flexibility index (Phi) is 2.93. The van der Waals surface area contributed by atoms with E-state index < -0.39 is 17.2 Å². The van der Waals surface area contributed by atoms with Crippen LogP contribution in [-0.2, 0) is 24.9 Å². The van der Waals surface area contributed by atoms with Gasteiger partial charge in [-0.15, -0.1) is 0 Å². The molecule has 92 valence electrons. The first kappa shape index (κ1) is 12.1. The molecule has 2 rings (SSSR count). The molecule has 1 aromatic rings. The van der Waals surface area contributed by atoms with Crippen LogP contribution in [0.4, 0.5) is 0 Å². The third kappa shape index (κ3) is 2.33. The molecular formula is C13H16O4. The number of hydrogen-bond acceptors (Lipinski definition) is 4. The molecule has 1 aliphatic heterocycles. The van der Waals surface area contributed by atoms with Crippen LogP contribution < -0.4 is 0 Å². The summed E-state index contributed by atoms with van der Waals surface area (Å²) in [5, 5.41) is 0. The lowest BCUT2D eigenvalue weighted by molar-refractivity contribution is -0.466. The predicted molar refractivity (Wildman–Crippen MR) is 61.0 cm³/mol. The Labute approximate surface area is 100 Å². The first-order valence-corrected chi connectivity index (χ1v) is 5.54. The van der Waals surface area contributed by atoms with Gasteiger partial charge in [0.25, 0.3) is 5.60 Å². The second kappa shape index (κ2) is 4.13. The molecule has 0 bridgehead atoms. The number of carbonyl (C=O) groups excluding carboxylic acids is 1. The molecule has 1 saturated heterocycles. The molecule has 4 nitrogen and oxygen atoms in total. The van der Waals surface area contributed by atoms with E-state index in [2.05, 4.69) is 0 Å². The molecule has 1 fully saturated rings. The summed E-state index contributed by atoms with van der Waals surface area (Å²) in [6, 6.07) is 9.23. The van der Waals surface area contributed by atoms with Gasteiger partial charge in [-0.25, -0.2) is 14.6 Å². The van der Waals surface area contributed by atoms with Crippen LogP contribution in [0.5, 0.6) is 0 Å². The van der Waals surface area contributed by atoms with Crippen molar-refractivity contribution in [1.82, 2.24) is 0 Å². The van der Waals surface area contributed by atoms with E-state index in [0.717, 1.165) is 5.56 Å². The van der Waals surface area contributed by atoms with Gasteiger partial charge in [-0.05, 0) is 20.8 Å². The maximum Gasteiger partial charge on any atom is 0.349 e. The van der Waals surface area contributed by atoms with Gasteiger partial charge in [-0.2, -0.15) is 0 Å². The molecule has 0 N–H and O–H groups in total. The second-order valence-corrected chi connectivity index (χ2v) is 5.04. The molecular weight excluding hydrogens is 220 g/mol. The molecule has 0 saturated carbocycles. The normalized spacial score (nSPS) is 23.9. The van der Waals surface area contributed by atoms with Crippen LogP contribution in [0.15, 0.2) is 30.3 Å². The summed E-state index contributed by atoms with van der Waals surface area (Å²) in [7, 11) is 0. The largest absolute Gasteiger partial charge is 0.457 e. The van der Waals surface area contributed by atoms with Crippen LogP contribution in [0, 0.1) is 0 Å². The number of esters is 1. The van der Waals surface area contributed by atoms with E-state index in [1.165, 1.54) is 0 Å². The third-order valence-corrected chi connectivity index (χ3v) is 2.43. The average molecular weight is 236 g/mol. The monoisotopic (exact) mass is 236 g/mol. The molecule has 0 aliphatic carbocycles. The van der Waals surface area contributed by atoms with Crippen LogP contribution in [0.1, 0.15) is 26.3 Å². The maximum absolute atomic E-state index is 12.1. The number of hydrogen-bond donors (Lipinski definition) is 0. The topological polar surface area (TPSA) is 44.8 Å². The Hall–Kier alpha value is -1.39. The van der Waals surface area contributed by atoms with Crippen LogP contribution in [0.2, 0.25) is 0 Å². The van der Waals surface area contributed by atoms with Gasteiger partial charge in [0.2, 0.25) is 0 Å².